The van der Waals surface area contributed by atoms with Crippen LogP contribution < -0.4 is 16.6 Å². The van der Waals surface area contributed by atoms with Gasteiger partial charge in [-0.25, -0.2) is 0 Å². The van der Waals surface area contributed by atoms with Crippen LogP contribution in [0.2, 0.25) is 0 Å². The molecular weight excluding hydrogens is 260 g/mol. The molecule has 7 nitrogen and oxygen atoms in total. The van der Waals surface area contributed by atoms with Crippen LogP contribution in [-0.2, 0) is 0 Å². The van der Waals surface area contributed by atoms with E-state index in [2.05, 4.69) is 10.9 Å². The average molecular weight is 272 g/mol. The van der Waals surface area contributed by atoms with Crippen molar-refractivity contribution in [3.8, 4) is 0 Å². The highest BCUT2D eigenvalue weighted by Gasteiger charge is 2.13. The number of nitrogens with zero attached hydrogens (tertiary/aromatic N) is 1. The van der Waals surface area contributed by atoms with Gasteiger partial charge >= 0.3 is 0 Å². The largest absolute Gasteiger partial charge is 0.398 e. The smallest absolute Gasteiger partial charge is 0.271 e. The van der Waals surface area contributed by atoms with Gasteiger partial charge in [0.2, 0.25) is 0 Å². The minimum Gasteiger partial charge on any atom is -0.398 e. The summed E-state index contributed by atoms with van der Waals surface area (Å²) in [6.07, 6.45) is 0. The number of rotatable bonds is 4. The lowest BCUT2D eigenvalue weighted by atomic mass is 10.1. The van der Waals surface area contributed by atoms with E-state index in [0.29, 0.717) is 5.69 Å². The molecule has 0 aliphatic heterocycles. The Morgan fingerprint density at radius 2 is 1.85 bits per heavy atom. The quantitative estimate of drug-likeness (QED) is 0.447. The summed E-state index contributed by atoms with van der Waals surface area (Å²) in [5, 5.41) is 10.6. The number of nitrogens with two attached hydrogens (primary N) is 1. The van der Waals surface area contributed by atoms with Crippen LogP contribution in [-0.4, -0.2) is 10.8 Å². The number of carbonyl (C=O) groups is 1. The SMILES string of the molecule is Nc1cc([N+](=O)[O-])ccc1C(=O)NNc1ccccc1. The number of nitrogen functional groups attached to an aromatic ring is 1. The Morgan fingerprint density at radius 1 is 1.15 bits per heavy atom. The lowest BCUT2D eigenvalue weighted by Crippen LogP contribution is -2.29. The Bertz CT molecular complexity index is 643. The van der Waals surface area contributed by atoms with Gasteiger partial charge in [-0.1, -0.05) is 18.2 Å². The molecule has 0 radical (unpaired) electrons. The zero-order valence-electron chi connectivity index (χ0n) is 10.4. The van der Waals surface area contributed by atoms with Crippen molar-refractivity contribution in [1.82, 2.24) is 5.43 Å². The second-order valence-corrected chi connectivity index (χ2v) is 3.97. The number of amides is 1. The molecule has 0 saturated heterocycles. The van der Waals surface area contributed by atoms with E-state index in [1.165, 1.54) is 12.1 Å². The molecule has 0 saturated carbocycles. The van der Waals surface area contributed by atoms with Gasteiger partial charge in [-0.05, 0) is 18.2 Å². The highest BCUT2D eigenvalue weighted by molar-refractivity contribution is 6.00. The third-order valence-corrected chi connectivity index (χ3v) is 2.58. The Balaban J connectivity index is 2.08. The Hall–Kier alpha value is -3.09. The van der Waals surface area contributed by atoms with E-state index >= 15 is 0 Å². The van der Waals surface area contributed by atoms with Crippen LogP contribution in [0.25, 0.3) is 0 Å². The van der Waals surface area contributed by atoms with Crippen molar-refractivity contribution in [2.45, 2.75) is 0 Å². The maximum absolute atomic E-state index is 11.9. The highest BCUT2D eigenvalue weighted by Crippen LogP contribution is 2.19. The number of nitro groups is 1. The number of hydrogen-bond acceptors (Lipinski definition) is 5. The van der Waals surface area contributed by atoms with Crippen molar-refractivity contribution < 1.29 is 9.72 Å². The summed E-state index contributed by atoms with van der Waals surface area (Å²) in [4.78, 5) is 21.9. The molecule has 0 bridgehead atoms. The van der Waals surface area contributed by atoms with Gasteiger partial charge in [0.05, 0.1) is 21.9 Å². The molecule has 2 rings (SSSR count). The summed E-state index contributed by atoms with van der Waals surface area (Å²) < 4.78 is 0. The van der Waals surface area contributed by atoms with Crippen molar-refractivity contribution in [3.63, 3.8) is 0 Å². The van der Waals surface area contributed by atoms with Crippen molar-refractivity contribution >= 4 is 23.0 Å². The lowest BCUT2D eigenvalue weighted by Gasteiger charge is -2.09. The normalized spacial score (nSPS) is 9.80. The average Bonchev–Trinajstić information content (AvgIpc) is 2.45. The molecule has 0 aromatic heterocycles. The first kappa shape index (κ1) is 13.3. The van der Waals surface area contributed by atoms with Crippen molar-refractivity contribution in [2.24, 2.45) is 0 Å². The zero-order valence-corrected chi connectivity index (χ0v) is 10.4. The van der Waals surface area contributed by atoms with Gasteiger partial charge in [0.25, 0.3) is 11.6 Å². The van der Waals surface area contributed by atoms with E-state index in [-0.39, 0.29) is 16.9 Å². The maximum Gasteiger partial charge on any atom is 0.271 e. The molecule has 102 valence electrons. The van der Waals surface area contributed by atoms with Gasteiger partial charge in [0.1, 0.15) is 0 Å². The Labute approximate surface area is 114 Å². The fourth-order valence-corrected chi connectivity index (χ4v) is 1.59. The number of non-ortho nitro benzene ring substituents is 1. The molecule has 2 aromatic rings. The third-order valence-electron chi connectivity index (χ3n) is 2.58. The first-order valence-corrected chi connectivity index (χ1v) is 5.73. The number of anilines is 2. The van der Waals surface area contributed by atoms with Crippen LogP contribution in [0.3, 0.4) is 0 Å². The molecule has 0 unspecified atom stereocenters. The summed E-state index contributed by atoms with van der Waals surface area (Å²) >= 11 is 0. The molecule has 4 N–H and O–H groups in total. The number of para-hydroxylation sites is 1. The molecule has 0 fully saturated rings. The molecule has 0 spiro atoms. The predicted molar refractivity (Wildman–Crippen MR) is 75.0 cm³/mol. The van der Waals surface area contributed by atoms with Crippen molar-refractivity contribution in [1.29, 1.82) is 0 Å². The van der Waals surface area contributed by atoms with Gasteiger partial charge in [-0.15, -0.1) is 0 Å². The second-order valence-electron chi connectivity index (χ2n) is 3.97. The number of hydrogen-bond donors (Lipinski definition) is 3. The van der Waals surface area contributed by atoms with E-state index in [4.69, 9.17) is 5.73 Å². The first-order chi connectivity index (χ1) is 9.58. The van der Waals surface area contributed by atoms with E-state index in [0.717, 1.165) is 6.07 Å². The topological polar surface area (TPSA) is 110 Å². The van der Waals surface area contributed by atoms with Gasteiger partial charge < -0.3 is 5.73 Å². The van der Waals surface area contributed by atoms with Crippen LogP contribution in [0.1, 0.15) is 10.4 Å². The van der Waals surface area contributed by atoms with Gasteiger partial charge in [-0.2, -0.15) is 0 Å². The molecule has 1 amide bonds. The molecular formula is C13H12N4O3. The summed E-state index contributed by atoms with van der Waals surface area (Å²) in [6, 6.07) is 12.7. The lowest BCUT2D eigenvalue weighted by molar-refractivity contribution is -0.384. The minimum atomic E-state index is -0.569. The van der Waals surface area contributed by atoms with Gasteiger partial charge in [-0.3, -0.25) is 25.8 Å². The van der Waals surface area contributed by atoms with E-state index in [9.17, 15) is 14.9 Å². The molecule has 7 heteroatoms. The number of benzene rings is 2. The van der Waals surface area contributed by atoms with Crippen LogP contribution >= 0.6 is 0 Å². The second kappa shape index (κ2) is 5.70. The molecule has 0 atom stereocenters. The molecule has 0 aliphatic rings. The third kappa shape index (κ3) is 3.02. The molecule has 0 aliphatic carbocycles. The molecule has 2 aromatic carbocycles. The maximum atomic E-state index is 11.9. The van der Waals surface area contributed by atoms with E-state index < -0.39 is 10.8 Å². The fraction of sp³-hybridized carbons (Fsp3) is 0. The monoisotopic (exact) mass is 272 g/mol. The van der Waals surface area contributed by atoms with Crippen LogP contribution in [0.4, 0.5) is 17.1 Å². The zero-order chi connectivity index (χ0) is 14.5. The number of hydrazine groups is 1. The molecule has 0 heterocycles. The molecule has 20 heavy (non-hydrogen) atoms. The Kier molecular flexibility index (Phi) is 3.80. The summed E-state index contributed by atoms with van der Waals surface area (Å²) in [6.45, 7) is 0. The van der Waals surface area contributed by atoms with Gasteiger partial charge in [0, 0.05) is 12.1 Å². The van der Waals surface area contributed by atoms with Crippen molar-refractivity contribution in [2.75, 3.05) is 11.2 Å². The summed E-state index contributed by atoms with van der Waals surface area (Å²) in [5.74, 6) is -0.471. The number of nitro benzene ring substituents is 1. The van der Waals surface area contributed by atoms with Crippen LogP contribution in [0.15, 0.2) is 48.5 Å². The standard InChI is InChI=1S/C13H12N4O3/c14-12-8-10(17(19)20)6-7-11(12)13(18)16-15-9-4-2-1-3-5-9/h1-8,15H,14H2,(H,16,18). The van der Waals surface area contributed by atoms with Crippen LogP contribution in [0, 0.1) is 10.1 Å². The highest BCUT2D eigenvalue weighted by atomic mass is 16.6. The summed E-state index contributed by atoms with van der Waals surface area (Å²) in [5.41, 5.74) is 11.6. The Morgan fingerprint density at radius 3 is 2.45 bits per heavy atom. The van der Waals surface area contributed by atoms with E-state index in [1.807, 2.05) is 18.2 Å². The number of nitrogens with one attached hydrogen (secondary N) is 2. The van der Waals surface area contributed by atoms with Crippen LogP contribution in [0.5, 0.6) is 0 Å². The van der Waals surface area contributed by atoms with Gasteiger partial charge in [0.15, 0.2) is 0 Å². The first-order valence-electron chi connectivity index (χ1n) is 5.73. The van der Waals surface area contributed by atoms with E-state index in [1.54, 1.807) is 12.1 Å². The minimum absolute atomic E-state index is 0.0477. The van der Waals surface area contributed by atoms with Crippen molar-refractivity contribution in [3.05, 3.63) is 64.2 Å². The predicted octanol–water partition coefficient (Wildman–Crippen LogP) is 1.93. The summed E-state index contributed by atoms with van der Waals surface area (Å²) in [7, 11) is 0. The fourth-order valence-electron chi connectivity index (χ4n) is 1.59. The number of carbonyl (C=O) groups excluding carboxylic acids is 1.